The zero-order chi connectivity index (χ0) is 26.0. The molecule has 2 aromatic rings. The van der Waals surface area contributed by atoms with E-state index in [2.05, 4.69) is 0 Å². The largest absolute Gasteiger partial charge is 0.493 e. The summed E-state index contributed by atoms with van der Waals surface area (Å²) in [5, 5.41) is 11.9. The smallest absolute Gasteiger partial charge is 0.302 e. The second-order valence-electron chi connectivity index (χ2n) is 8.14. The number of rotatable bonds is 13. The highest BCUT2D eigenvalue weighted by atomic mass is 16.5. The van der Waals surface area contributed by atoms with Gasteiger partial charge < -0.3 is 33.5 Å². The van der Waals surface area contributed by atoms with E-state index in [0.29, 0.717) is 29.4 Å². The molecular weight excluding hydrogens is 456 g/mol. The predicted molar refractivity (Wildman–Crippen MR) is 128 cm³/mol. The number of carbonyl (C=O) groups excluding carboxylic acids is 2. The topological polar surface area (TPSA) is 110 Å². The lowest BCUT2D eigenvalue weighted by atomic mass is 9.79. The number of esters is 2. The van der Waals surface area contributed by atoms with Gasteiger partial charge in [0.2, 0.25) is 0 Å². The van der Waals surface area contributed by atoms with E-state index in [1.165, 1.54) is 35.2 Å². The molecule has 9 nitrogen and oxygen atoms in total. The van der Waals surface area contributed by atoms with Gasteiger partial charge in [-0.25, -0.2) is 0 Å². The Bertz CT molecular complexity index is 1000. The van der Waals surface area contributed by atoms with Gasteiger partial charge in [0.25, 0.3) is 0 Å². The number of benzene rings is 2. The summed E-state index contributed by atoms with van der Waals surface area (Å²) in [4.78, 5) is 23.3. The van der Waals surface area contributed by atoms with Crippen LogP contribution in [0, 0.1) is 5.92 Å². The van der Waals surface area contributed by atoms with Crippen molar-refractivity contribution in [3.05, 3.63) is 47.5 Å². The fourth-order valence-corrected chi connectivity index (χ4v) is 3.80. The number of hydrogen-bond acceptors (Lipinski definition) is 9. The summed E-state index contributed by atoms with van der Waals surface area (Å²) in [5.41, 5.74) is -0.0424. The van der Waals surface area contributed by atoms with Gasteiger partial charge in [0, 0.05) is 26.2 Å². The summed E-state index contributed by atoms with van der Waals surface area (Å²) in [5.74, 6) is 0.485. The average Bonchev–Trinajstić information content (AvgIpc) is 2.84. The number of aliphatic hydroxyl groups is 1. The van der Waals surface area contributed by atoms with Crippen molar-refractivity contribution in [2.24, 2.45) is 5.92 Å². The Morgan fingerprint density at radius 3 is 1.74 bits per heavy atom. The number of methoxy groups -OCH3 is 4. The molecule has 0 spiro atoms. The number of ether oxygens (including phenoxy) is 6. The van der Waals surface area contributed by atoms with E-state index in [1.54, 1.807) is 37.4 Å². The highest BCUT2D eigenvalue weighted by Crippen LogP contribution is 2.34. The van der Waals surface area contributed by atoms with Crippen LogP contribution in [-0.4, -0.2) is 64.3 Å². The Kier molecular flexibility index (Phi) is 10.2. The van der Waals surface area contributed by atoms with Gasteiger partial charge in [-0.1, -0.05) is 12.1 Å². The van der Waals surface area contributed by atoms with Crippen LogP contribution in [0.2, 0.25) is 0 Å². The van der Waals surface area contributed by atoms with Crippen LogP contribution < -0.4 is 18.9 Å². The molecule has 0 aromatic heterocycles. The van der Waals surface area contributed by atoms with Gasteiger partial charge >= 0.3 is 11.9 Å². The van der Waals surface area contributed by atoms with Crippen LogP contribution in [0.4, 0.5) is 0 Å². The van der Waals surface area contributed by atoms with Gasteiger partial charge in [0.05, 0.1) is 35.0 Å². The van der Waals surface area contributed by atoms with Crippen molar-refractivity contribution in [3.63, 3.8) is 0 Å². The Balaban J connectivity index is 2.47. The van der Waals surface area contributed by atoms with Gasteiger partial charge in [-0.3, -0.25) is 9.59 Å². The summed E-state index contributed by atoms with van der Waals surface area (Å²) >= 11 is 0. The van der Waals surface area contributed by atoms with Gasteiger partial charge in [-0.15, -0.1) is 0 Å². The summed E-state index contributed by atoms with van der Waals surface area (Å²) in [6, 6.07) is 10.7. The molecule has 0 amide bonds. The first-order valence-electron chi connectivity index (χ1n) is 11.1. The van der Waals surface area contributed by atoms with Gasteiger partial charge in [-0.2, -0.15) is 0 Å². The SMILES string of the molecule is COc1ccc(C[C@@H](COC(C)=O)[C@](O)(COC(C)=O)Cc2ccc(OC)c(OC)c2)cc1OC. The van der Waals surface area contributed by atoms with E-state index in [0.717, 1.165) is 11.1 Å². The highest BCUT2D eigenvalue weighted by molar-refractivity contribution is 5.66. The van der Waals surface area contributed by atoms with Crippen molar-refractivity contribution in [1.82, 2.24) is 0 Å². The summed E-state index contributed by atoms with van der Waals surface area (Å²) in [6.45, 7) is 2.18. The molecule has 0 radical (unpaired) electrons. The maximum absolute atomic E-state index is 11.9. The predicted octanol–water partition coefficient (Wildman–Crippen LogP) is 2.98. The molecule has 2 aromatic carbocycles. The van der Waals surface area contributed by atoms with E-state index in [-0.39, 0.29) is 19.6 Å². The van der Waals surface area contributed by atoms with Crippen molar-refractivity contribution in [3.8, 4) is 23.0 Å². The first kappa shape index (κ1) is 27.8. The molecule has 0 aliphatic carbocycles. The lowest BCUT2D eigenvalue weighted by Gasteiger charge is -2.36. The third-order valence-corrected chi connectivity index (χ3v) is 5.66. The van der Waals surface area contributed by atoms with Crippen LogP contribution in [0.25, 0.3) is 0 Å². The first-order chi connectivity index (χ1) is 16.6. The van der Waals surface area contributed by atoms with Crippen molar-refractivity contribution in [1.29, 1.82) is 0 Å². The molecule has 35 heavy (non-hydrogen) atoms. The molecule has 0 saturated carbocycles. The van der Waals surface area contributed by atoms with E-state index in [4.69, 9.17) is 28.4 Å². The average molecular weight is 491 g/mol. The Morgan fingerprint density at radius 2 is 1.26 bits per heavy atom. The minimum atomic E-state index is -1.58. The van der Waals surface area contributed by atoms with Gasteiger partial charge in [0.15, 0.2) is 23.0 Å². The summed E-state index contributed by atoms with van der Waals surface area (Å²) in [7, 11) is 6.13. The Hall–Kier alpha value is -3.46. The fourth-order valence-electron chi connectivity index (χ4n) is 3.80. The van der Waals surface area contributed by atoms with Crippen molar-refractivity contribution >= 4 is 11.9 Å². The van der Waals surface area contributed by atoms with Crippen molar-refractivity contribution < 1.29 is 43.1 Å². The molecular formula is C26H34O9. The highest BCUT2D eigenvalue weighted by Gasteiger charge is 2.39. The third kappa shape index (κ3) is 7.78. The van der Waals surface area contributed by atoms with E-state index < -0.39 is 23.5 Å². The van der Waals surface area contributed by atoms with Crippen LogP contribution in [0.15, 0.2) is 36.4 Å². The summed E-state index contributed by atoms with van der Waals surface area (Å²) in [6.07, 6.45) is 0.401. The fraction of sp³-hybridized carbons (Fsp3) is 0.462. The van der Waals surface area contributed by atoms with E-state index >= 15 is 0 Å². The van der Waals surface area contributed by atoms with Gasteiger partial charge in [0.1, 0.15) is 12.2 Å². The molecule has 0 saturated heterocycles. The third-order valence-electron chi connectivity index (χ3n) is 5.66. The number of hydrogen-bond donors (Lipinski definition) is 1. The maximum Gasteiger partial charge on any atom is 0.302 e. The zero-order valence-electron chi connectivity index (χ0n) is 21.1. The lowest BCUT2D eigenvalue weighted by Crippen LogP contribution is -2.48. The zero-order valence-corrected chi connectivity index (χ0v) is 21.1. The molecule has 0 aliphatic rings. The molecule has 9 heteroatoms. The van der Waals surface area contributed by atoms with Crippen LogP contribution in [0.3, 0.4) is 0 Å². The van der Waals surface area contributed by atoms with Crippen LogP contribution in [-0.2, 0) is 31.9 Å². The number of carbonyl (C=O) groups is 2. The molecule has 0 heterocycles. The Morgan fingerprint density at radius 1 is 0.771 bits per heavy atom. The Labute approximate surface area is 205 Å². The minimum Gasteiger partial charge on any atom is -0.493 e. The maximum atomic E-state index is 11.9. The second-order valence-corrected chi connectivity index (χ2v) is 8.14. The van der Waals surface area contributed by atoms with E-state index in [1.807, 2.05) is 6.07 Å². The van der Waals surface area contributed by atoms with Crippen LogP contribution in [0.5, 0.6) is 23.0 Å². The monoisotopic (exact) mass is 490 g/mol. The molecule has 0 fully saturated rings. The first-order valence-corrected chi connectivity index (χ1v) is 11.1. The van der Waals surface area contributed by atoms with Crippen LogP contribution >= 0.6 is 0 Å². The lowest BCUT2D eigenvalue weighted by molar-refractivity contribution is -0.159. The van der Waals surface area contributed by atoms with Gasteiger partial charge in [-0.05, 0) is 41.8 Å². The molecule has 0 unspecified atom stereocenters. The summed E-state index contributed by atoms with van der Waals surface area (Å²) < 4.78 is 31.9. The van der Waals surface area contributed by atoms with E-state index in [9.17, 15) is 14.7 Å². The minimum absolute atomic E-state index is 0.0886. The molecule has 0 aliphatic heterocycles. The molecule has 1 N–H and O–H groups in total. The van der Waals surface area contributed by atoms with Crippen molar-refractivity contribution in [2.45, 2.75) is 32.3 Å². The quantitative estimate of drug-likeness (QED) is 0.424. The molecule has 192 valence electrons. The standard InChI is InChI=1S/C26H34O9/c1-17(27)34-15-21(11-19-7-9-22(30-3)24(12-19)32-5)26(29,16-35-18(2)28)14-20-8-10-23(31-4)25(13-20)33-6/h7-10,12-13,21,29H,11,14-16H2,1-6H3/t21-,26+/m0/s1. The molecule has 0 bridgehead atoms. The molecule has 2 rings (SSSR count). The molecule has 2 atom stereocenters. The van der Waals surface area contributed by atoms with Crippen molar-refractivity contribution in [2.75, 3.05) is 41.7 Å². The second kappa shape index (κ2) is 12.9. The van der Waals surface area contributed by atoms with Crippen LogP contribution in [0.1, 0.15) is 25.0 Å². The normalized spacial score (nSPS) is 13.2.